The van der Waals surface area contributed by atoms with Crippen molar-refractivity contribution in [2.75, 3.05) is 20.2 Å². The van der Waals surface area contributed by atoms with E-state index >= 15 is 0 Å². The van der Waals surface area contributed by atoms with Crippen molar-refractivity contribution < 1.29 is 13.9 Å². The molecule has 19 heavy (non-hydrogen) atoms. The molecule has 0 saturated carbocycles. The van der Waals surface area contributed by atoms with Crippen molar-refractivity contribution in [3.63, 3.8) is 0 Å². The number of azide groups is 1. The van der Waals surface area contributed by atoms with Crippen molar-refractivity contribution in [2.45, 2.75) is 13.0 Å². The standard InChI is InChI=1S/C12H15FN4O2/c1-8-3-4-10(13)9(7-8)11(12(18)19-2)15-5-6-16-17-14/h3-4,7,11,15H,5-6H2,1-2H3. The van der Waals surface area contributed by atoms with Gasteiger partial charge in [0.1, 0.15) is 11.9 Å². The monoisotopic (exact) mass is 266 g/mol. The first-order valence-corrected chi connectivity index (χ1v) is 5.68. The molecule has 0 aromatic heterocycles. The van der Waals surface area contributed by atoms with Crippen molar-refractivity contribution in [2.24, 2.45) is 5.11 Å². The third-order valence-electron chi connectivity index (χ3n) is 2.52. The molecule has 102 valence electrons. The second kappa shape index (κ2) is 7.35. The van der Waals surface area contributed by atoms with Gasteiger partial charge in [0.15, 0.2) is 0 Å². The summed E-state index contributed by atoms with van der Waals surface area (Å²) >= 11 is 0. The van der Waals surface area contributed by atoms with Gasteiger partial charge in [-0.15, -0.1) is 0 Å². The maximum absolute atomic E-state index is 13.8. The van der Waals surface area contributed by atoms with E-state index in [0.29, 0.717) is 0 Å². The summed E-state index contributed by atoms with van der Waals surface area (Å²) < 4.78 is 18.4. The Bertz CT molecular complexity index is 501. The Morgan fingerprint density at radius 2 is 2.37 bits per heavy atom. The summed E-state index contributed by atoms with van der Waals surface area (Å²) in [5.74, 6) is -1.08. The largest absolute Gasteiger partial charge is 0.468 e. The number of methoxy groups -OCH3 is 1. The predicted molar refractivity (Wildman–Crippen MR) is 67.9 cm³/mol. The predicted octanol–water partition coefficient (Wildman–Crippen LogP) is 2.25. The second-order valence-corrected chi connectivity index (χ2v) is 3.89. The number of nitrogens with zero attached hydrogens (tertiary/aromatic N) is 3. The Balaban J connectivity index is 2.92. The highest BCUT2D eigenvalue weighted by Crippen LogP contribution is 2.19. The van der Waals surface area contributed by atoms with Gasteiger partial charge in [0.05, 0.1) is 7.11 Å². The summed E-state index contributed by atoms with van der Waals surface area (Å²) in [6.07, 6.45) is 0. The smallest absolute Gasteiger partial charge is 0.327 e. The maximum Gasteiger partial charge on any atom is 0.327 e. The number of hydrogen-bond acceptors (Lipinski definition) is 4. The van der Waals surface area contributed by atoms with Crippen LogP contribution in [0.5, 0.6) is 0 Å². The van der Waals surface area contributed by atoms with Gasteiger partial charge in [0.2, 0.25) is 0 Å². The highest BCUT2D eigenvalue weighted by atomic mass is 19.1. The highest BCUT2D eigenvalue weighted by molar-refractivity contribution is 5.77. The number of rotatable bonds is 6. The molecule has 0 aliphatic heterocycles. The molecule has 1 N–H and O–H groups in total. The number of benzene rings is 1. The summed E-state index contributed by atoms with van der Waals surface area (Å²) in [4.78, 5) is 14.3. The first-order chi connectivity index (χ1) is 9.10. The van der Waals surface area contributed by atoms with E-state index in [9.17, 15) is 9.18 Å². The van der Waals surface area contributed by atoms with Crippen LogP contribution in [-0.2, 0) is 9.53 Å². The number of esters is 1. The van der Waals surface area contributed by atoms with Crippen LogP contribution in [0.1, 0.15) is 17.2 Å². The van der Waals surface area contributed by atoms with E-state index < -0.39 is 17.8 Å². The van der Waals surface area contributed by atoms with Crippen molar-refractivity contribution >= 4 is 5.97 Å². The average molecular weight is 266 g/mol. The molecule has 0 spiro atoms. The molecule has 0 aliphatic rings. The number of aryl methyl sites for hydroxylation is 1. The van der Waals surface area contributed by atoms with Crippen LogP contribution in [0.15, 0.2) is 23.3 Å². The molecule has 1 aromatic rings. The van der Waals surface area contributed by atoms with Crippen LogP contribution in [0, 0.1) is 12.7 Å². The molecule has 6 nitrogen and oxygen atoms in total. The SMILES string of the molecule is COC(=O)C(NCCN=[N+]=[N-])c1cc(C)ccc1F. The van der Waals surface area contributed by atoms with E-state index in [-0.39, 0.29) is 18.7 Å². The van der Waals surface area contributed by atoms with Gasteiger partial charge in [0, 0.05) is 23.6 Å². The molecule has 0 saturated heterocycles. The molecule has 0 radical (unpaired) electrons. The van der Waals surface area contributed by atoms with E-state index in [1.165, 1.54) is 13.2 Å². The summed E-state index contributed by atoms with van der Waals surface area (Å²) in [5.41, 5.74) is 9.21. The zero-order valence-corrected chi connectivity index (χ0v) is 10.8. The van der Waals surface area contributed by atoms with Crippen molar-refractivity contribution in [1.82, 2.24) is 5.32 Å². The van der Waals surface area contributed by atoms with Gasteiger partial charge in [-0.2, -0.15) is 0 Å². The van der Waals surface area contributed by atoms with E-state index in [1.54, 1.807) is 19.1 Å². The van der Waals surface area contributed by atoms with Gasteiger partial charge in [-0.25, -0.2) is 9.18 Å². The first-order valence-electron chi connectivity index (χ1n) is 5.68. The lowest BCUT2D eigenvalue weighted by Gasteiger charge is -2.17. The maximum atomic E-state index is 13.8. The van der Waals surface area contributed by atoms with Gasteiger partial charge >= 0.3 is 5.97 Å². The summed E-state index contributed by atoms with van der Waals surface area (Å²) in [7, 11) is 1.23. The van der Waals surface area contributed by atoms with Crippen LogP contribution in [0.4, 0.5) is 4.39 Å². The lowest BCUT2D eigenvalue weighted by molar-refractivity contribution is -0.143. The van der Waals surface area contributed by atoms with Crippen LogP contribution in [0.2, 0.25) is 0 Å². The zero-order valence-electron chi connectivity index (χ0n) is 10.8. The van der Waals surface area contributed by atoms with Crippen molar-refractivity contribution in [3.05, 3.63) is 45.6 Å². The fourth-order valence-corrected chi connectivity index (χ4v) is 1.63. The Morgan fingerprint density at radius 1 is 1.63 bits per heavy atom. The summed E-state index contributed by atoms with van der Waals surface area (Å²) in [5, 5.41) is 6.14. The molecule has 0 amide bonds. The molecule has 1 atom stereocenters. The van der Waals surface area contributed by atoms with Crippen LogP contribution in [0.25, 0.3) is 10.4 Å². The minimum Gasteiger partial charge on any atom is -0.468 e. The molecular formula is C12H15FN4O2. The molecular weight excluding hydrogens is 251 g/mol. The first kappa shape index (κ1) is 14.9. The van der Waals surface area contributed by atoms with Gasteiger partial charge in [0.25, 0.3) is 0 Å². The molecule has 0 aliphatic carbocycles. The van der Waals surface area contributed by atoms with Gasteiger partial charge < -0.3 is 10.1 Å². The van der Waals surface area contributed by atoms with Gasteiger partial charge in [-0.3, -0.25) is 0 Å². The van der Waals surface area contributed by atoms with Gasteiger partial charge in [-0.05, 0) is 18.5 Å². The molecule has 0 bridgehead atoms. The Labute approximate surface area is 110 Å². The summed E-state index contributed by atoms with van der Waals surface area (Å²) in [6, 6.07) is 3.58. The average Bonchev–Trinajstić information content (AvgIpc) is 2.41. The van der Waals surface area contributed by atoms with E-state index in [4.69, 9.17) is 5.53 Å². The minimum absolute atomic E-state index is 0.164. The second-order valence-electron chi connectivity index (χ2n) is 3.89. The fraction of sp³-hybridized carbons (Fsp3) is 0.417. The lowest BCUT2D eigenvalue weighted by Crippen LogP contribution is -2.32. The van der Waals surface area contributed by atoms with E-state index in [1.807, 2.05) is 0 Å². The van der Waals surface area contributed by atoms with Crippen LogP contribution < -0.4 is 5.32 Å². The lowest BCUT2D eigenvalue weighted by atomic mass is 10.0. The molecule has 1 unspecified atom stereocenters. The normalized spacial score (nSPS) is 11.5. The Hall–Kier alpha value is -2.11. The molecule has 1 aromatic carbocycles. The van der Waals surface area contributed by atoms with Crippen molar-refractivity contribution in [1.29, 1.82) is 0 Å². The van der Waals surface area contributed by atoms with Gasteiger partial charge in [-0.1, -0.05) is 22.8 Å². The van der Waals surface area contributed by atoms with Crippen LogP contribution in [-0.4, -0.2) is 26.2 Å². The Kier molecular flexibility index (Phi) is 5.78. The van der Waals surface area contributed by atoms with E-state index in [0.717, 1.165) is 5.56 Å². The summed E-state index contributed by atoms with van der Waals surface area (Å²) in [6.45, 7) is 2.21. The minimum atomic E-state index is -0.918. The van der Waals surface area contributed by atoms with Crippen LogP contribution >= 0.6 is 0 Å². The molecule has 7 heteroatoms. The number of ether oxygens (including phenoxy) is 1. The topological polar surface area (TPSA) is 87.1 Å². The van der Waals surface area contributed by atoms with Crippen LogP contribution in [0.3, 0.4) is 0 Å². The number of hydrogen-bond donors (Lipinski definition) is 1. The highest BCUT2D eigenvalue weighted by Gasteiger charge is 2.23. The third-order valence-corrected chi connectivity index (χ3v) is 2.52. The Morgan fingerprint density at radius 3 is 3.00 bits per heavy atom. The van der Waals surface area contributed by atoms with Crippen molar-refractivity contribution in [3.8, 4) is 0 Å². The quantitative estimate of drug-likeness (QED) is 0.281. The third kappa shape index (κ3) is 4.24. The molecule has 0 fully saturated rings. The number of carbonyl (C=O) groups excluding carboxylic acids is 1. The molecule has 0 heterocycles. The zero-order chi connectivity index (χ0) is 14.3. The van der Waals surface area contributed by atoms with E-state index in [2.05, 4.69) is 20.1 Å². The number of halogens is 1. The number of nitrogens with one attached hydrogen (secondary N) is 1. The number of carbonyl (C=O) groups is 1. The fourth-order valence-electron chi connectivity index (χ4n) is 1.63. The molecule has 1 rings (SSSR count).